The molecule has 33 heavy (non-hydrogen) atoms. The number of amides is 1. The van der Waals surface area contributed by atoms with E-state index in [1.807, 2.05) is 43.3 Å². The molecule has 2 heterocycles. The van der Waals surface area contributed by atoms with Gasteiger partial charge in [-0.1, -0.05) is 24.3 Å². The number of carbonyl (C=O) groups is 1. The first kappa shape index (κ1) is 21.1. The van der Waals surface area contributed by atoms with Gasteiger partial charge in [0, 0.05) is 31.9 Å². The van der Waals surface area contributed by atoms with Crippen molar-refractivity contribution in [2.24, 2.45) is 0 Å². The lowest BCUT2D eigenvalue weighted by Gasteiger charge is -2.22. The molecule has 0 bridgehead atoms. The van der Waals surface area contributed by atoms with Gasteiger partial charge in [0.15, 0.2) is 5.58 Å². The van der Waals surface area contributed by atoms with Crippen molar-refractivity contribution in [2.75, 3.05) is 32.6 Å². The Labute approximate surface area is 193 Å². The first-order valence-corrected chi connectivity index (χ1v) is 11.2. The minimum absolute atomic E-state index is 0.0275. The summed E-state index contributed by atoms with van der Waals surface area (Å²) < 4.78 is 11.4. The fourth-order valence-electron chi connectivity index (χ4n) is 4.41. The van der Waals surface area contributed by atoms with E-state index in [4.69, 9.17) is 14.1 Å². The van der Waals surface area contributed by atoms with Crippen LogP contribution in [0.25, 0.3) is 22.2 Å². The van der Waals surface area contributed by atoms with Crippen molar-refractivity contribution in [1.82, 2.24) is 9.88 Å². The number of likely N-dealkylation sites (tertiary alicyclic amines) is 1. The van der Waals surface area contributed by atoms with Gasteiger partial charge < -0.3 is 19.0 Å². The molecule has 4 aromatic rings. The Morgan fingerprint density at radius 3 is 2.61 bits per heavy atom. The van der Waals surface area contributed by atoms with Gasteiger partial charge in [-0.05, 0) is 66.4 Å². The molecule has 1 atom stereocenters. The maximum Gasteiger partial charge on any atom is 0.254 e. The average molecular weight is 442 g/mol. The second-order valence-electron chi connectivity index (χ2n) is 8.56. The predicted molar refractivity (Wildman–Crippen MR) is 130 cm³/mol. The third kappa shape index (κ3) is 4.04. The van der Waals surface area contributed by atoms with E-state index in [2.05, 4.69) is 41.3 Å². The highest BCUT2D eigenvalue weighted by Crippen LogP contribution is 2.35. The van der Waals surface area contributed by atoms with Crippen molar-refractivity contribution in [1.29, 1.82) is 0 Å². The maximum atomic E-state index is 13.2. The molecule has 0 saturated carbocycles. The van der Waals surface area contributed by atoms with Crippen LogP contribution in [0.5, 0.6) is 5.75 Å². The molecule has 0 spiro atoms. The Hall–Kier alpha value is -3.80. The number of carbonyl (C=O) groups excluding carboxylic acids is 1. The Morgan fingerprint density at radius 2 is 1.85 bits per heavy atom. The van der Waals surface area contributed by atoms with Crippen molar-refractivity contribution in [3.05, 3.63) is 78.2 Å². The smallest absolute Gasteiger partial charge is 0.254 e. The number of ether oxygens (including phenoxy) is 1. The second-order valence-corrected chi connectivity index (χ2v) is 8.56. The van der Waals surface area contributed by atoms with Gasteiger partial charge in [-0.2, -0.15) is 0 Å². The number of aromatic nitrogens is 1. The molecule has 1 saturated heterocycles. The molecule has 5 rings (SSSR count). The quantitative estimate of drug-likeness (QED) is 0.407. The van der Waals surface area contributed by atoms with Gasteiger partial charge in [0.1, 0.15) is 17.3 Å². The van der Waals surface area contributed by atoms with Crippen molar-refractivity contribution in [3.8, 4) is 16.9 Å². The zero-order valence-corrected chi connectivity index (χ0v) is 19.1. The molecule has 3 aromatic carbocycles. The molecular weight excluding hydrogens is 414 g/mol. The fourth-order valence-corrected chi connectivity index (χ4v) is 4.41. The number of rotatable bonds is 5. The van der Waals surface area contributed by atoms with Crippen LogP contribution in [-0.2, 0) is 0 Å². The highest BCUT2D eigenvalue weighted by Gasteiger charge is 2.34. The van der Waals surface area contributed by atoms with Gasteiger partial charge in [0.2, 0.25) is 5.89 Å². The van der Waals surface area contributed by atoms with E-state index in [1.165, 1.54) is 0 Å². The molecule has 1 fully saturated rings. The number of hydrogen-bond acceptors (Lipinski definition) is 5. The summed E-state index contributed by atoms with van der Waals surface area (Å²) in [6.07, 6.45) is 1.75. The summed E-state index contributed by atoms with van der Waals surface area (Å²) in [6, 6.07) is 21.6. The third-order valence-electron chi connectivity index (χ3n) is 6.24. The Kier molecular flexibility index (Phi) is 5.50. The van der Waals surface area contributed by atoms with Crippen LogP contribution >= 0.6 is 0 Å². The molecule has 0 unspecified atom stereocenters. The van der Waals surface area contributed by atoms with Crippen LogP contribution in [0.2, 0.25) is 0 Å². The minimum atomic E-state index is -0.168. The van der Waals surface area contributed by atoms with Crippen LogP contribution in [0, 0.1) is 0 Å². The topological polar surface area (TPSA) is 58.8 Å². The normalized spacial score (nSPS) is 15.7. The van der Waals surface area contributed by atoms with Crippen LogP contribution in [0.15, 0.2) is 71.1 Å². The van der Waals surface area contributed by atoms with E-state index in [-0.39, 0.29) is 11.9 Å². The van der Waals surface area contributed by atoms with E-state index in [0.717, 1.165) is 40.8 Å². The van der Waals surface area contributed by atoms with E-state index in [9.17, 15) is 4.79 Å². The Balaban J connectivity index is 1.42. The number of benzene rings is 3. The monoisotopic (exact) mass is 441 g/mol. The number of fused-ring (bicyclic) bond motifs is 1. The van der Waals surface area contributed by atoms with Gasteiger partial charge in [0.05, 0.1) is 7.11 Å². The zero-order chi connectivity index (χ0) is 22.9. The molecule has 1 aliphatic rings. The maximum absolute atomic E-state index is 13.2. The molecule has 0 N–H and O–H groups in total. The number of methoxy groups -OCH3 is 1. The lowest BCUT2D eigenvalue weighted by atomic mass is 10.0. The van der Waals surface area contributed by atoms with E-state index >= 15 is 0 Å². The molecule has 1 aromatic heterocycles. The van der Waals surface area contributed by atoms with Crippen molar-refractivity contribution in [3.63, 3.8) is 0 Å². The fraction of sp³-hybridized carbons (Fsp3) is 0.259. The summed E-state index contributed by atoms with van der Waals surface area (Å²) in [5, 5.41) is 0. The van der Waals surface area contributed by atoms with Gasteiger partial charge in [0.25, 0.3) is 5.91 Å². The second kappa shape index (κ2) is 8.62. The number of oxazole rings is 1. The summed E-state index contributed by atoms with van der Waals surface area (Å²) in [7, 11) is 5.66. The number of hydrogen-bond donors (Lipinski definition) is 0. The zero-order valence-electron chi connectivity index (χ0n) is 19.1. The van der Waals surface area contributed by atoms with Gasteiger partial charge in [-0.15, -0.1) is 0 Å². The van der Waals surface area contributed by atoms with Gasteiger partial charge in [-0.3, -0.25) is 4.79 Å². The number of nitrogens with zero attached hydrogens (tertiary/aromatic N) is 3. The lowest BCUT2D eigenvalue weighted by molar-refractivity contribution is 0.0716. The predicted octanol–water partition coefficient (Wildman–Crippen LogP) is 5.55. The average Bonchev–Trinajstić information content (AvgIpc) is 3.50. The van der Waals surface area contributed by atoms with Gasteiger partial charge in [-0.25, -0.2) is 4.98 Å². The van der Waals surface area contributed by atoms with Crippen LogP contribution in [0.1, 0.15) is 35.1 Å². The lowest BCUT2D eigenvalue weighted by Crippen LogP contribution is -2.30. The van der Waals surface area contributed by atoms with Crippen LogP contribution in [0.4, 0.5) is 5.69 Å². The first-order valence-electron chi connectivity index (χ1n) is 11.2. The molecular formula is C27H27N3O3. The number of anilines is 1. The third-order valence-corrected chi connectivity index (χ3v) is 6.24. The van der Waals surface area contributed by atoms with Gasteiger partial charge >= 0.3 is 0 Å². The van der Waals surface area contributed by atoms with E-state index in [0.29, 0.717) is 23.7 Å². The molecule has 1 amide bonds. The van der Waals surface area contributed by atoms with Crippen molar-refractivity contribution >= 4 is 22.7 Å². The first-order chi connectivity index (χ1) is 16.0. The molecule has 0 radical (unpaired) electrons. The highest BCUT2D eigenvalue weighted by atomic mass is 16.5. The van der Waals surface area contributed by atoms with Crippen molar-refractivity contribution in [2.45, 2.75) is 18.9 Å². The summed E-state index contributed by atoms with van der Waals surface area (Å²) in [5.74, 6) is 1.24. The van der Waals surface area contributed by atoms with Crippen LogP contribution < -0.4 is 9.64 Å². The summed E-state index contributed by atoms with van der Waals surface area (Å²) in [5.41, 5.74) is 5.52. The van der Waals surface area contributed by atoms with E-state index < -0.39 is 0 Å². The molecule has 6 heteroatoms. The van der Waals surface area contributed by atoms with Crippen LogP contribution in [0.3, 0.4) is 0 Å². The SMILES string of the molecule is COc1cccc(C(=O)N2CCC[C@H]2c2nc3cc(-c4ccc(N(C)C)cc4)ccc3o2)c1. The molecule has 1 aliphatic heterocycles. The molecule has 168 valence electrons. The minimum Gasteiger partial charge on any atom is -0.497 e. The summed E-state index contributed by atoms with van der Waals surface area (Å²) in [6.45, 7) is 0.683. The van der Waals surface area contributed by atoms with Crippen LogP contribution in [-0.4, -0.2) is 43.5 Å². The largest absolute Gasteiger partial charge is 0.497 e. The summed E-state index contributed by atoms with van der Waals surface area (Å²) >= 11 is 0. The summed E-state index contributed by atoms with van der Waals surface area (Å²) in [4.78, 5) is 22.0. The molecule has 6 nitrogen and oxygen atoms in total. The van der Waals surface area contributed by atoms with E-state index in [1.54, 1.807) is 13.2 Å². The Bertz CT molecular complexity index is 1290. The standard InChI is InChI=1S/C27H27N3O3/c1-29(2)21-12-9-18(10-13-21)19-11-14-25-23(17-19)28-26(33-25)24-8-5-15-30(24)27(31)20-6-4-7-22(16-20)32-3/h4,6-7,9-14,16-17,24H,5,8,15H2,1-3H3/t24-/m0/s1. The highest BCUT2D eigenvalue weighted by molar-refractivity contribution is 5.95. The molecule has 0 aliphatic carbocycles. The Morgan fingerprint density at radius 1 is 1.06 bits per heavy atom. The van der Waals surface area contributed by atoms with Crippen molar-refractivity contribution < 1.29 is 13.9 Å².